The van der Waals surface area contributed by atoms with Crippen molar-refractivity contribution in [3.63, 3.8) is 0 Å². The van der Waals surface area contributed by atoms with E-state index in [1.165, 1.54) is 29.2 Å². The van der Waals surface area contributed by atoms with Gasteiger partial charge >= 0.3 is 0 Å². The lowest BCUT2D eigenvalue weighted by Gasteiger charge is -2.11. The molecule has 1 aromatic carbocycles. The number of anilines is 2. The summed E-state index contributed by atoms with van der Waals surface area (Å²) in [4.78, 5) is 12.1. The number of rotatable bonds is 6. The van der Waals surface area contributed by atoms with E-state index in [-0.39, 0.29) is 0 Å². The molecule has 9 heteroatoms. The van der Waals surface area contributed by atoms with E-state index in [9.17, 15) is 13.6 Å². The molecule has 122 valence electrons. The monoisotopic (exact) mass is 356 g/mol. The number of benzene rings is 1. The Morgan fingerprint density at radius 3 is 2.70 bits per heavy atom. The van der Waals surface area contributed by atoms with Crippen LogP contribution in [0.15, 0.2) is 22.5 Å². The number of carbonyl (C=O) groups excluding carboxylic acids is 1. The zero-order chi connectivity index (χ0) is 16.4. The molecule has 0 aliphatic heterocycles. The maximum Gasteiger partial charge on any atom is 0.237 e. The minimum absolute atomic E-state index is 0.432. The fourth-order valence-corrected chi connectivity index (χ4v) is 3.74. The van der Waals surface area contributed by atoms with Gasteiger partial charge in [-0.05, 0) is 31.9 Å². The minimum atomic E-state index is -0.803. The molecule has 23 heavy (non-hydrogen) atoms. The van der Waals surface area contributed by atoms with Gasteiger partial charge in [-0.25, -0.2) is 8.78 Å². The molecule has 2 aromatic rings. The third kappa shape index (κ3) is 4.17. The largest absolute Gasteiger partial charge is 0.357 e. The molecular weight excluding hydrogens is 342 g/mol. The number of aromatic nitrogens is 2. The summed E-state index contributed by atoms with van der Waals surface area (Å²) >= 11 is 2.56. The van der Waals surface area contributed by atoms with Crippen LogP contribution in [0.2, 0.25) is 0 Å². The lowest BCUT2D eigenvalue weighted by molar-refractivity contribution is -0.115. The maximum absolute atomic E-state index is 13.5. The van der Waals surface area contributed by atoms with Crippen LogP contribution in [0.3, 0.4) is 0 Å². The highest BCUT2D eigenvalue weighted by molar-refractivity contribution is 8.02. The second kappa shape index (κ2) is 6.79. The number of amides is 1. The molecule has 1 aliphatic rings. The predicted octanol–water partition coefficient (Wildman–Crippen LogP) is 3.51. The van der Waals surface area contributed by atoms with Gasteiger partial charge in [0.25, 0.3) is 0 Å². The fourth-order valence-electron chi connectivity index (χ4n) is 1.76. The lowest BCUT2D eigenvalue weighted by Crippen LogP contribution is -2.23. The molecular formula is C14H14F2N4OS2. The van der Waals surface area contributed by atoms with Gasteiger partial charge < -0.3 is 10.6 Å². The molecule has 1 aliphatic carbocycles. The molecule has 0 radical (unpaired) electrons. The van der Waals surface area contributed by atoms with E-state index in [0.717, 1.165) is 30.1 Å². The van der Waals surface area contributed by atoms with Crippen LogP contribution < -0.4 is 10.6 Å². The van der Waals surface area contributed by atoms with E-state index in [0.29, 0.717) is 10.4 Å². The maximum atomic E-state index is 13.5. The normalized spacial score (nSPS) is 15.3. The SMILES string of the molecule is C[C@H](Sc1nnc(NC2CC2)s1)C(=O)Nc1c(F)cccc1F. The van der Waals surface area contributed by atoms with Gasteiger partial charge in [0, 0.05) is 6.04 Å². The van der Waals surface area contributed by atoms with Gasteiger partial charge in [0.2, 0.25) is 11.0 Å². The first-order valence-electron chi connectivity index (χ1n) is 7.04. The lowest BCUT2D eigenvalue weighted by atomic mass is 10.3. The van der Waals surface area contributed by atoms with Gasteiger partial charge in [0.1, 0.15) is 17.3 Å². The number of nitrogens with one attached hydrogen (secondary N) is 2. The van der Waals surface area contributed by atoms with E-state index in [2.05, 4.69) is 20.8 Å². The molecule has 0 spiro atoms. The van der Waals surface area contributed by atoms with E-state index in [4.69, 9.17) is 0 Å². The molecule has 1 heterocycles. The van der Waals surface area contributed by atoms with Crippen molar-refractivity contribution in [2.24, 2.45) is 0 Å². The third-order valence-electron chi connectivity index (χ3n) is 3.17. The molecule has 2 N–H and O–H groups in total. The molecule has 0 bridgehead atoms. The average molecular weight is 356 g/mol. The second-order valence-corrected chi connectivity index (χ2v) is 7.70. The van der Waals surface area contributed by atoms with Crippen molar-refractivity contribution in [3.05, 3.63) is 29.8 Å². The summed E-state index contributed by atoms with van der Waals surface area (Å²) in [5.74, 6) is -2.10. The van der Waals surface area contributed by atoms with Crippen molar-refractivity contribution in [3.8, 4) is 0 Å². The Balaban J connectivity index is 1.59. The Kier molecular flexibility index (Phi) is 4.76. The molecule has 1 saturated carbocycles. The van der Waals surface area contributed by atoms with Crippen molar-refractivity contribution in [1.29, 1.82) is 0 Å². The van der Waals surface area contributed by atoms with Crippen LogP contribution in [0.4, 0.5) is 19.6 Å². The Morgan fingerprint density at radius 1 is 1.35 bits per heavy atom. The number of thioether (sulfide) groups is 1. The van der Waals surface area contributed by atoms with Gasteiger partial charge in [0.05, 0.1) is 5.25 Å². The molecule has 0 saturated heterocycles. The van der Waals surface area contributed by atoms with E-state index >= 15 is 0 Å². The number of hydrogen-bond acceptors (Lipinski definition) is 6. The number of hydrogen-bond donors (Lipinski definition) is 2. The predicted molar refractivity (Wildman–Crippen MR) is 86.9 cm³/mol. The van der Waals surface area contributed by atoms with E-state index in [1.807, 2.05) is 0 Å². The van der Waals surface area contributed by atoms with Crippen molar-refractivity contribution >= 4 is 39.8 Å². The average Bonchev–Trinajstić information content (AvgIpc) is 3.21. The molecule has 3 rings (SSSR count). The minimum Gasteiger partial charge on any atom is -0.357 e. The molecule has 1 atom stereocenters. The molecule has 1 aromatic heterocycles. The summed E-state index contributed by atoms with van der Waals surface area (Å²) < 4.78 is 27.7. The van der Waals surface area contributed by atoms with Crippen molar-refractivity contribution in [1.82, 2.24) is 10.2 Å². The van der Waals surface area contributed by atoms with E-state index < -0.39 is 28.5 Å². The highest BCUT2D eigenvalue weighted by Crippen LogP contribution is 2.32. The van der Waals surface area contributed by atoms with Crippen LogP contribution in [0.1, 0.15) is 19.8 Å². The number of para-hydroxylation sites is 1. The van der Waals surface area contributed by atoms with Gasteiger partial charge in [-0.1, -0.05) is 29.2 Å². The summed E-state index contributed by atoms with van der Waals surface area (Å²) in [7, 11) is 0. The van der Waals surface area contributed by atoms with Crippen LogP contribution in [-0.2, 0) is 4.79 Å². The quantitative estimate of drug-likeness (QED) is 0.776. The summed E-state index contributed by atoms with van der Waals surface area (Å²) in [5, 5.41) is 13.7. The molecule has 5 nitrogen and oxygen atoms in total. The number of nitrogens with zero attached hydrogens (tertiary/aromatic N) is 2. The standard InChI is InChI=1S/C14H14F2N4OS2/c1-7(12(21)18-11-9(15)3-2-4-10(11)16)22-14-20-19-13(23-14)17-8-5-6-8/h2-4,7-8H,5-6H2,1H3,(H,17,19)(H,18,21)/t7-/m0/s1. The van der Waals surface area contributed by atoms with Crippen LogP contribution >= 0.6 is 23.1 Å². The van der Waals surface area contributed by atoms with Gasteiger partial charge in [0.15, 0.2) is 4.34 Å². The Labute approximate surface area is 139 Å². The zero-order valence-electron chi connectivity index (χ0n) is 12.2. The zero-order valence-corrected chi connectivity index (χ0v) is 13.8. The van der Waals surface area contributed by atoms with E-state index in [1.54, 1.807) is 6.92 Å². The topological polar surface area (TPSA) is 66.9 Å². The van der Waals surface area contributed by atoms with Crippen molar-refractivity contribution in [2.45, 2.75) is 35.4 Å². The van der Waals surface area contributed by atoms with Gasteiger partial charge in [-0.3, -0.25) is 4.79 Å². The smallest absolute Gasteiger partial charge is 0.237 e. The summed E-state index contributed by atoms with van der Waals surface area (Å²) in [6.45, 7) is 1.65. The van der Waals surface area contributed by atoms with Gasteiger partial charge in [-0.2, -0.15) is 0 Å². The Hall–Kier alpha value is -1.74. The first kappa shape index (κ1) is 16.1. The van der Waals surface area contributed by atoms with Crippen LogP contribution in [0, 0.1) is 11.6 Å². The molecule has 0 unspecified atom stereocenters. The summed E-state index contributed by atoms with van der Waals surface area (Å²) in [5.41, 5.74) is -0.432. The highest BCUT2D eigenvalue weighted by Gasteiger charge is 2.24. The van der Waals surface area contributed by atoms with Crippen LogP contribution in [0.5, 0.6) is 0 Å². The van der Waals surface area contributed by atoms with Crippen molar-refractivity contribution in [2.75, 3.05) is 10.6 Å². The fraction of sp³-hybridized carbons (Fsp3) is 0.357. The number of carbonyl (C=O) groups is 1. The summed E-state index contributed by atoms with van der Waals surface area (Å²) in [6.07, 6.45) is 2.27. The summed E-state index contributed by atoms with van der Waals surface area (Å²) in [6, 6.07) is 3.91. The molecule has 1 fully saturated rings. The Bertz CT molecular complexity index is 700. The van der Waals surface area contributed by atoms with Crippen LogP contribution in [-0.4, -0.2) is 27.4 Å². The molecule has 1 amide bonds. The van der Waals surface area contributed by atoms with Crippen LogP contribution in [0.25, 0.3) is 0 Å². The highest BCUT2D eigenvalue weighted by atomic mass is 32.2. The van der Waals surface area contributed by atoms with Crippen molar-refractivity contribution < 1.29 is 13.6 Å². The first-order valence-corrected chi connectivity index (χ1v) is 8.74. The van der Waals surface area contributed by atoms with Gasteiger partial charge in [-0.15, -0.1) is 10.2 Å². The Morgan fingerprint density at radius 2 is 2.04 bits per heavy atom. The third-order valence-corrected chi connectivity index (χ3v) is 5.21. The first-order chi connectivity index (χ1) is 11.0. The number of halogens is 2. The second-order valence-electron chi connectivity index (χ2n) is 5.14.